The summed E-state index contributed by atoms with van der Waals surface area (Å²) in [5, 5.41) is 0. The Morgan fingerprint density at radius 2 is 0.0976 bits per heavy atom. The zero-order valence-electron chi connectivity index (χ0n) is 18.3. The average Bonchev–Trinajstić information content (AvgIpc) is 1.00. The molecule has 0 nitrogen and oxygen atoms in total. The summed E-state index contributed by atoms with van der Waals surface area (Å²) in [6, 6.07) is 0. The molecule has 0 aromatic rings. The van der Waals surface area contributed by atoms with Crippen LogP contribution in [0.1, 0.15) is 0 Å². The Morgan fingerprint density at radius 3 is 0.0976 bits per heavy atom. The second kappa shape index (κ2) is 448. The first-order valence-corrected chi connectivity index (χ1v) is 2.26. The van der Waals surface area contributed by atoms with Gasteiger partial charge in [0.2, 0.25) is 0 Å². The summed E-state index contributed by atoms with van der Waals surface area (Å²) in [5.41, 5.74) is 0. The molecular formula is SV40. The van der Waals surface area contributed by atoms with Crippen molar-refractivity contribution in [2.24, 2.45) is 0 Å². The quantitative estimate of drug-likeness (QED) is 0.342. The first kappa shape index (κ1) is 432. The zero-order valence-corrected chi connectivity index (χ0v) is 75.0. The molecule has 0 heterocycles. The molecule has 0 aromatic carbocycles. The van der Waals surface area contributed by atoms with Crippen molar-refractivity contribution in [1.29, 1.82) is 0 Å². The minimum atomic E-state index is 0. The Bertz CT molecular complexity index is 6.78. The standard InChI is InChI=1S/S.40V. The maximum atomic E-state index is 4.02. The smallest absolute Gasteiger partial charge is 0 e. The van der Waals surface area contributed by atoms with Crippen LogP contribution in [0.15, 0.2) is 0 Å². The van der Waals surface area contributed by atoms with E-state index < -0.39 is 0 Å². The molecule has 0 unspecified atom stereocenters. The van der Waals surface area contributed by atoms with Crippen LogP contribution >= 0.6 is 10.3 Å². The van der Waals surface area contributed by atoms with Gasteiger partial charge in [-0.1, -0.05) is 0 Å². The molecule has 0 aromatic heterocycles. The third kappa shape index (κ3) is 433. The SMILES string of the molecule is [S]=[V].[V].[V].[V].[V].[V].[V].[V].[V].[V].[V].[V].[V].[V].[V].[V].[V].[V].[V].[V].[V].[V].[V].[V].[V].[V].[V].[V].[V].[V].[V].[V].[V].[V].[V].[V].[V].[V].[V].[V]. The molecule has 0 spiro atoms. The minimum Gasteiger partial charge on any atom is 0 e. The van der Waals surface area contributed by atoms with Gasteiger partial charge in [0.1, 0.15) is 0 Å². The summed E-state index contributed by atoms with van der Waals surface area (Å²) in [4.78, 5) is 0. The van der Waals surface area contributed by atoms with Crippen LogP contribution in [0.5, 0.6) is 0 Å². The van der Waals surface area contributed by atoms with E-state index >= 15 is 0 Å². The largest absolute Gasteiger partial charge is 0 e. The molecule has 0 saturated heterocycles. The molecule has 0 amide bonds. The van der Waals surface area contributed by atoms with Crippen molar-refractivity contribution in [1.82, 2.24) is 0 Å². The van der Waals surface area contributed by atoms with Crippen molar-refractivity contribution < 1.29 is 739 Å². The molecule has 0 saturated carbocycles. The van der Waals surface area contributed by atoms with E-state index in [1.807, 2.05) is 15.7 Å². The maximum absolute atomic E-state index is 4.02. The Balaban J connectivity index is -0.00000000000675. The molecule has 0 rings (SSSR count). The van der Waals surface area contributed by atoms with Crippen LogP contribution in [0.2, 0.25) is 0 Å². The van der Waals surface area contributed by atoms with E-state index in [0.29, 0.717) is 0 Å². The van der Waals surface area contributed by atoms with Crippen molar-refractivity contribution in [3.8, 4) is 0 Å². The summed E-state index contributed by atoms with van der Waals surface area (Å²) >= 11 is 1.90. The van der Waals surface area contributed by atoms with Crippen molar-refractivity contribution in [3.63, 3.8) is 0 Å². The van der Waals surface area contributed by atoms with E-state index in [-0.39, 0.29) is 724 Å². The van der Waals surface area contributed by atoms with Crippen LogP contribution in [0.25, 0.3) is 0 Å². The Labute approximate surface area is 729 Å². The van der Waals surface area contributed by atoms with E-state index in [0.717, 1.165) is 0 Å². The van der Waals surface area contributed by atoms with Crippen LogP contribution in [0, 0.1) is 0 Å². The molecule has 41 heavy (non-hydrogen) atoms. The summed E-state index contributed by atoms with van der Waals surface area (Å²) in [6.07, 6.45) is 0. The summed E-state index contributed by atoms with van der Waals surface area (Å²) in [7, 11) is 4.02. The predicted octanol–water partition coefficient (Wildman–Crippen LogP) is 0.548. The van der Waals surface area contributed by atoms with Crippen molar-refractivity contribution in [2.75, 3.05) is 0 Å². The van der Waals surface area contributed by atoms with Gasteiger partial charge in [-0.2, -0.15) is 0 Å². The fourth-order valence-corrected chi connectivity index (χ4v) is 0. The normalized spacial score (nSPS) is 0.0732. The van der Waals surface area contributed by atoms with Crippen LogP contribution in [-0.2, 0) is 739 Å². The monoisotopic (exact) mass is 2070 g/mol. The predicted molar refractivity (Wildman–Crippen MR) is 7.59 cm³/mol. The summed E-state index contributed by atoms with van der Waals surface area (Å²) in [5.74, 6) is 0. The molecule has 0 fully saturated rings. The van der Waals surface area contributed by atoms with Gasteiger partial charge in [0.25, 0.3) is 0 Å². The third-order valence-corrected chi connectivity index (χ3v) is 0. The first-order valence-electron chi connectivity index (χ1n) is 0.183. The molecule has 0 aliphatic heterocycles. The van der Waals surface area contributed by atoms with Gasteiger partial charge in [0.05, 0.1) is 0 Å². The van der Waals surface area contributed by atoms with Gasteiger partial charge in [0.15, 0.2) is 0 Å². The Hall–Kier alpha value is 23.6. The van der Waals surface area contributed by atoms with Crippen molar-refractivity contribution >= 4 is 10.3 Å². The number of hydrogen-bond acceptors (Lipinski definition) is 1. The van der Waals surface area contributed by atoms with Crippen molar-refractivity contribution in [3.05, 3.63) is 0 Å². The van der Waals surface area contributed by atoms with Crippen LogP contribution in [0.4, 0.5) is 0 Å². The number of rotatable bonds is 0. The Morgan fingerprint density at radius 1 is 0.0976 bits per heavy atom. The van der Waals surface area contributed by atoms with Gasteiger partial charge in [-0.05, 0) is 0 Å². The molecule has 41 heteroatoms. The maximum Gasteiger partial charge on any atom is 0 e. The molecule has 39 radical (unpaired) electrons. The molecule has 206 valence electrons. The second-order valence-electron chi connectivity index (χ2n) is 0. The van der Waals surface area contributed by atoms with Crippen LogP contribution < -0.4 is 0 Å². The van der Waals surface area contributed by atoms with Crippen molar-refractivity contribution in [2.45, 2.75) is 0 Å². The van der Waals surface area contributed by atoms with Gasteiger partial charge in [-0.15, -0.1) is 0 Å². The fourth-order valence-electron chi connectivity index (χ4n) is 0. The van der Waals surface area contributed by atoms with Crippen LogP contribution in [0.3, 0.4) is 0 Å². The summed E-state index contributed by atoms with van der Waals surface area (Å²) < 4.78 is 0. The second-order valence-corrected chi connectivity index (χ2v) is 0. The molecule has 0 aliphatic rings. The first-order chi connectivity index (χ1) is 1.00. The van der Waals surface area contributed by atoms with E-state index in [9.17, 15) is 0 Å². The molecule has 0 atom stereocenters. The topological polar surface area (TPSA) is 0 Å². The molecular weight excluding hydrogens is 2070 g/mol. The zero-order chi connectivity index (χ0) is 2.00. The van der Waals surface area contributed by atoms with Gasteiger partial charge in [-0.25, -0.2) is 0 Å². The van der Waals surface area contributed by atoms with Gasteiger partial charge < -0.3 is 0 Å². The van der Waals surface area contributed by atoms with Gasteiger partial charge in [0, 0.05) is 724 Å². The number of hydrogen-bond donors (Lipinski definition) is 0. The summed E-state index contributed by atoms with van der Waals surface area (Å²) in [6.45, 7) is 0. The average molecular weight is 2070 g/mol. The molecule has 0 bridgehead atoms. The van der Waals surface area contributed by atoms with Gasteiger partial charge >= 0.3 is 26.0 Å². The van der Waals surface area contributed by atoms with Crippen LogP contribution in [-0.4, -0.2) is 0 Å². The van der Waals surface area contributed by atoms with E-state index in [1.165, 1.54) is 0 Å². The Kier molecular flexibility index (Phi) is 4710. The van der Waals surface area contributed by atoms with Gasteiger partial charge in [-0.3, -0.25) is 0 Å². The van der Waals surface area contributed by atoms with E-state index in [4.69, 9.17) is 0 Å². The third-order valence-electron chi connectivity index (χ3n) is 0. The molecule has 0 aliphatic carbocycles. The van der Waals surface area contributed by atoms with E-state index in [2.05, 4.69) is 10.3 Å². The van der Waals surface area contributed by atoms with E-state index in [1.54, 1.807) is 0 Å². The molecule has 0 N–H and O–H groups in total. The minimum absolute atomic E-state index is 0. The fraction of sp³-hybridized carbons (Fsp3) is 0.